The average Bonchev–Trinajstić information content (AvgIpc) is 2.35. The van der Waals surface area contributed by atoms with Gasteiger partial charge in [0.1, 0.15) is 0 Å². The van der Waals surface area contributed by atoms with Crippen molar-refractivity contribution in [2.45, 2.75) is 13.5 Å². The van der Waals surface area contributed by atoms with Crippen molar-refractivity contribution in [1.29, 1.82) is 0 Å². The van der Waals surface area contributed by atoms with Crippen molar-refractivity contribution in [1.82, 2.24) is 0 Å². The Hall–Kier alpha value is -1.06. The molecule has 0 aliphatic rings. The van der Waals surface area contributed by atoms with E-state index in [1.54, 1.807) is 6.08 Å². The van der Waals surface area contributed by atoms with Gasteiger partial charge >= 0.3 is 0 Å². The molecule has 0 N–H and O–H groups in total. The third-order valence-corrected chi connectivity index (χ3v) is 3.16. The molecule has 0 amide bonds. The van der Waals surface area contributed by atoms with Gasteiger partial charge in [0.2, 0.25) is 0 Å². The molecule has 0 unspecified atom stereocenters. The number of hydrogen-bond donors (Lipinski definition) is 1. The number of carbonyl (C=O) groups is 1. The minimum absolute atomic E-state index is 0.0173. The molecular formula is C14H18O2S. The molecule has 0 aliphatic carbocycles. The van der Waals surface area contributed by atoms with Crippen LogP contribution in [0.2, 0.25) is 0 Å². The van der Waals surface area contributed by atoms with Gasteiger partial charge in [-0.05, 0) is 5.56 Å². The molecule has 2 atom stereocenters. The molecular weight excluding hydrogens is 232 g/mol. The second-order valence-corrected chi connectivity index (χ2v) is 4.47. The first-order valence-corrected chi connectivity index (χ1v) is 6.07. The van der Waals surface area contributed by atoms with Gasteiger partial charge in [0.15, 0.2) is 5.12 Å². The first-order chi connectivity index (χ1) is 8.15. The normalized spacial score (nSPS) is 14.0. The minimum Gasteiger partial charge on any atom is -0.376 e. The van der Waals surface area contributed by atoms with E-state index in [1.807, 2.05) is 37.3 Å². The van der Waals surface area contributed by atoms with Gasteiger partial charge in [-0.2, -0.15) is 0 Å². The minimum atomic E-state index is -0.161. The molecule has 0 spiro atoms. The summed E-state index contributed by atoms with van der Waals surface area (Å²) in [5, 5.41) is -0.127. The van der Waals surface area contributed by atoms with Gasteiger partial charge in [-0.15, -0.1) is 19.2 Å². The van der Waals surface area contributed by atoms with Crippen molar-refractivity contribution < 1.29 is 9.53 Å². The molecule has 0 aromatic heterocycles. The Bertz CT molecular complexity index is 362. The van der Waals surface area contributed by atoms with Crippen LogP contribution in [0.5, 0.6) is 0 Å². The molecule has 1 aromatic carbocycles. The highest BCUT2D eigenvalue weighted by Gasteiger charge is 2.18. The van der Waals surface area contributed by atoms with Gasteiger partial charge in [-0.3, -0.25) is 4.79 Å². The fourth-order valence-corrected chi connectivity index (χ4v) is 1.68. The fraction of sp³-hybridized carbons (Fsp3) is 0.357. The summed E-state index contributed by atoms with van der Waals surface area (Å²) in [6, 6.07) is 9.94. The van der Waals surface area contributed by atoms with E-state index < -0.39 is 0 Å². The molecule has 0 bridgehead atoms. The lowest BCUT2D eigenvalue weighted by molar-refractivity contribution is -0.115. The van der Waals surface area contributed by atoms with Crippen molar-refractivity contribution >= 4 is 17.7 Å². The molecule has 0 fully saturated rings. The lowest BCUT2D eigenvalue weighted by atomic mass is 9.96. The van der Waals surface area contributed by atoms with E-state index >= 15 is 0 Å². The molecule has 2 nitrogen and oxygen atoms in total. The summed E-state index contributed by atoms with van der Waals surface area (Å²) in [5.74, 6) is -0.143. The summed E-state index contributed by atoms with van der Waals surface area (Å²) in [6.07, 6.45) is 1.75. The summed E-state index contributed by atoms with van der Waals surface area (Å²) in [4.78, 5) is 11.1. The molecule has 3 heteroatoms. The summed E-state index contributed by atoms with van der Waals surface area (Å²) in [5.41, 5.74) is 1.13. The molecule has 1 rings (SSSR count). The van der Waals surface area contributed by atoms with Crippen LogP contribution in [0.25, 0.3) is 0 Å². The van der Waals surface area contributed by atoms with Crippen LogP contribution in [0.3, 0.4) is 0 Å². The highest BCUT2D eigenvalue weighted by molar-refractivity contribution is 7.96. The standard InChI is InChI=1S/C14H18O2S/c1-3-13(11(2)14(15)17)10-16-9-12-7-5-4-6-8-12/h3-8,11,13H,1,9-10H2,2H3,(H,15,17)/t11-,13+/m1/s1. The van der Waals surface area contributed by atoms with Crippen molar-refractivity contribution in [2.24, 2.45) is 11.8 Å². The van der Waals surface area contributed by atoms with Gasteiger partial charge in [-0.25, -0.2) is 0 Å². The maximum atomic E-state index is 11.1. The van der Waals surface area contributed by atoms with Crippen LogP contribution in [-0.4, -0.2) is 11.7 Å². The zero-order valence-corrected chi connectivity index (χ0v) is 10.9. The fourth-order valence-electron chi connectivity index (χ4n) is 1.49. The molecule has 0 aliphatic heterocycles. The summed E-state index contributed by atoms with van der Waals surface area (Å²) in [7, 11) is 0. The molecule has 0 heterocycles. The molecule has 0 saturated carbocycles. The zero-order valence-electron chi connectivity index (χ0n) is 10.0. The number of carbonyl (C=O) groups excluding carboxylic acids is 1. The van der Waals surface area contributed by atoms with Gasteiger partial charge in [0, 0.05) is 11.8 Å². The predicted octanol–water partition coefficient (Wildman–Crippen LogP) is 3.10. The Morgan fingerprint density at radius 2 is 2.12 bits per heavy atom. The Kier molecular flexibility index (Phi) is 6.01. The van der Waals surface area contributed by atoms with Crippen LogP contribution in [-0.2, 0) is 16.1 Å². The SMILES string of the molecule is C=C[C@@H](COCc1ccccc1)[C@@H](C)C(=O)S. The van der Waals surface area contributed by atoms with E-state index in [-0.39, 0.29) is 17.0 Å². The maximum absolute atomic E-state index is 11.1. The largest absolute Gasteiger partial charge is 0.376 e. The predicted molar refractivity (Wildman–Crippen MR) is 72.9 cm³/mol. The van der Waals surface area contributed by atoms with Crippen molar-refractivity contribution in [3.63, 3.8) is 0 Å². The van der Waals surface area contributed by atoms with Crippen LogP contribution in [0.1, 0.15) is 12.5 Å². The van der Waals surface area contributed by atoms with E-state index in [2.05, 4.69) is 19.2 Å². The van der Waals surface area contributed by atoms with Crippen LogP contribution in [0.4, 0.5) is 0 Å². The average molecular weight is 250 g/mol. The van der Waals surface area contributed by atoms with Crippen LogP contribution >= 0.6 is 12.6 Å². The number of hydrogen-bond acceptors (Lipinski definition) is 2. The van der Waals surface area contributed by atoms with E-state index in [0.717, 1.165) is 5.56 Å². The van der Waals surface area contributed by atoms with E-state index in [4.69, 9.17) is 4.74 Å². The Morgan fingerprint density at radius 1 is 1.47 bits per heavy atom. The van der Waals surface area contributed by atoms with Gasteiger partial charge in [0.05, 0.1) is 13.2 Å². The summed E-state index contributed by atoms with van der Waals surface area (Å²) < 4.78 is 5.59. The number of benzene rings is 1. The van der Waals surface area contributed by atoms with E-state index in [0.29, 0.717) is 13.2 Å². The molecule has 0 saturated heterocycles. The third-order valence-electron chi connectivity index (χ3n) is 2.76. The number of ether oxygens (including phenoxy) is 1. The van der Waals surface area contributed by atoms with Crippen LogP contribution in [0.15, 0.2) is 43.0 Å². The number of rotatable bonds is 7. The number of thiol groups is 1. The first-order valence-electron chi connectivity index (χ1n) is 5.62. The zero-order chi connectivity index (χ0) is 12.7. The van der Waals surface area contributed by atoms with Crippen LogP contribution < -0.4 is 0 Å². The molecule has 92 valence electrons. The lowest BCUT2D eigenvalue weighted by Gasteiger charge is -2.17. The van der Waals surface area contributed by atoms with E-state index in [1.165, 1.54) is 0 Å². The highest BCUT2D eigenvalue weighted by Crippen LogP contribution is 2.16. The van der Waals surface area contributed by atoms with Crippen LogP contribution in [0, 0.1) is 11.8 Å². The monoisotopic (exact) mass is 250 g/mol. The topological polar surface area (TPSA) is 26.3 Å². The van der Waals surface area contributed by atoms with Gasteiger partial charge in [0.25, 0.3) is 0 Å². The van der Waals surface area contributed by atoms with Crippen molar-refractivity contribution in [2.75, 3.05) is 6.61 Å². The molecule has 1 aromatic rings. The van der Waals surface area contributed by atoms with Crippen molar-refractivity contribution in [3.05, 3.63) is 48.6 Å². The molecule has 17 heavy (non-hydrogen) atoms. The quantitative estimate of drug-likeness (QED) is 0.594. The summed E-state index contributed by atoms with van der Waals surface area (Å²) >= 11 is 3.84. The summed E-state index contributed by atoms with van der Waals surface area (Å²) in [6.45, 7) is 6.61. The smallest absolute Gasteiger partial charge is 0.189 e. The van der Waals surface area contributed by atoms with Gasteiger partial charge < -0.3 is 4.74 Å². The first kappa shape index (κ1) is 14.0. The second kappa shape index (κ2) is 7.30. The highest BCUT2D eigenvalue weighted by atomic mass is 32.1. The Labute approximate surface area is 108 Å². The van der Waals surface area contributed by atoms with Crippen molar-refractivity contribution in [3.8, 4) is 0 Å². The maximum Gasteiger partial charge on any atom is 0.189 e. The molecule has 0 radical (unpaired) electrons. The second-order valence-electron chi connectivity index (χ2n) is 4.03. The Balaban J connectivity index is 2.39. The third kappa shape index (κ3) is 4.75. The van der Waals surface area contributed by atoms with Gasteiger partial charge in [-0.1, -0.05) is 43.3 Å². The van der Waals surface area contributed by atoms with E-state index in [9.17, 15) is 4.79 Å². The Morgan fingerprint density at radius 3 is 2.65 bits per heavy atom. The lowest BCUT2D eigenvalue weighted by Crippen LogP contribution is -2.20.